The van der Waals surface area contributed by atoms with Gasteiger partial charge in [-0.3, -0.25) is 10.1 Å². The Morgan fingerprint density at radius 3 is 2.41 bits per heavy atom. The third-order valence-corrected chi connectivity index (χ3v) is 3.88. The summed E-state index contributed by atoms with van der Waals surface area (Å²) >= 11 is 10.9. The summed E-state index contributed by atoms with van der Waals surface area (Å²) in [7, 11) is 0. The van der Waals surface area contributed by atoms with Crippen LogP contribution in [0.15, 0.2) is 42.5 Å². The number of amides is 1. The molecule has 0 aliphatic carbocycles. The quantitative estimate of drug-likeness (QED) is 0.651. The number of rotatable bonds is 5. The van der Waals surface area contributed by atoms with Crippen molar-refractivity contribution in [2.75, 3.05) is 11.9 Å². The molecule has 0 aliphatic heterocycles. The van der Waals surface area contributed by atoms with E-state index in [0.29, 0.717) is 17.9 Å². The highest BCUT2D eigenvalue weighted by Crippen LogP contribution is 2.33. The normalized spacial score (nSPS) is 11.0. The fraction of sp³-hybridized carbons (Fsp3) is 0.222. The highest BCUT2D eigenvalue weighted by atomic mass is 35.5. The fourth-order valence-electron chi connectivity index (χ4n) is 2.04. The number of anilines is 1. The monoisotopic (exact) mass is 416 g/mol. The number of ether oxygens (including phenoxy) is 1. The minimum Gasteiger partial charge on any atom is -0.494 e. The van der Waals surface area contributed by atoms with Gasteiger partial charge < -0.3 is 10.1 Å². The Morgan fingerprint density at radius 1 is 1.19 bits per heavy atom. The lowest BCUT2D eigenvalue weighted by Gasteiger charge is -2.13. The number of carbonyl (C=O) groups is 1. The Morgan fingerprint density at radius 2 is 1.85 bits per heavy atom. The summed E-state index contributed by atoms with van der Waals surface area (Å²) in [5.74, 6) is 0.170. The van der Waals surface area contributed by atoms with Crippen LogP contribution in [0.25, 0.3) is 0 Å². The first-order valence-corrected chi connectivity index (χ1v) is 8.71. The van der Waals surface area contributed by atoms with Crippen LogP contribution in [-0.4, -0.2) is 17.6 Å². The molecule has 1 amide bonds. The van der Waals surface area contributed by atoms with Gasteiger partial charge in [-0.05, 0) is 61.1 Å². The maximum Gasteiger partial charge on any atom is 0.416 e. The van der Waals surface area contributed by atoms with Crippen molar-refractivity contribution in [1.82, 2.24) is 5.32 Å². The largest absolute Gasteiger partial charge is 0.494 e. The van der Waals surface area contributed by atoms with Crippen LogP contribution in [0.2, 0.25) is 5.02 Å². The molecule has 0 aromatic heterocycles. The van der Waals surface area contributed by atoms with Gasteiger partial charge in [-0.25, -0.2) is 0 Å². The van der Waals surface area contributed by atoms with Crippen LogP contribution in [-0.2, 0) is 6.18 Å². The predicted molar refractivity (Wildman–Crippen MR) is 102 cm³/mol. The Bertz CT molecular complexity index is 826. The van der Waals surface area contributed by atoms with Crippen LogP contribution in [0.5, 0.6) is 5.75 Å². The van der Waals surface area contributed by atoms with E-state index >= 15 is 0 Å². The summed E-state index contributed by atoms with van der Waals surface area (Å²) in [5, 5.41) is 4.79. The molecule has 0 saturated carbocycles. The van der Waals surface area contributed by atoms with Gasteiger partial charge in [0.2, 0.25) is 0 Å². The SMILES string of the molecule is CCCOc1ccc(C(=O)NC(=S)Nc2ccc(C(F)(F)F)cc2Cl)cc1. The van der Waals surface area contributed by atoms with Crippen LogP contribution in [0.1, 0.15) is 29.3 Å². The molecule has 144 valence electrons. The predicted octanol–water partition coefficient (Wildman–Crippen LogP) is 5.27. The van der Waals surface area contributed by atoms with E-state index in [-0.39, 0.29) is 15.8 Å². The van der Waals surface area contributed by atoms with Crippen LogP contribution in [0.3, 0.4) is 0 Å². The van der Waals surface area contributed by atoms with Crippen LogP contribution in [0, 0.1) is 0 Å². The van der Waals surface area contributed by atoms with Gasteiger partial charge in [-0.1, -0.05) is 18.5 Å². The van der Waals surface area contributed by atoms with Gasteiger partial charge >= 0.3 is 6.18 Å². The van der Waals surface area contributed by atoms with Gasteiger partial charge in [0.05, 0.1) is 22.9 Å². The Hall–Kier alpha value is -2.32. The van der Waals surface area contributed by atoms with Gasteiger partial charge in [0.25, 0.3) is 5.91 Å². The standard InChI is InChI=1S/C18H16ClF3N2O2S/c1-2-9-26-13-6-3-11(4-7-13)16(25)24-17(27)23-15-8-5-12(10-14(15)19)18(20,21)22/h3-8,10H,2,9H2,1H3,(H2,23,24,25,27). The average molecular weight is 417 g/mol. The van der Waals surface area contributed by atoms with Gasteiger partial charge in [-0.15, -0.1) is 0 Å². The molecular weight excluding hydrogens is 401 g/mol. The number of alkyl halides is 3. The molecule has 0 aliphatic rings. The Balaban J connectivity index is 1.98. The van der Waals surface area contributed by atoms with Gasteiger partial charge in [0, 0.05) is 5.56 Å². The van der Waals surface area contributed by atoms with E-state index in [1.807, 2.05) is 6.92 Å². The maximum atomic E-state index is 12.6. The lowest BCUT2D eigenvalue weighted by Crippen LogP contribution is -2.34. The Labute approximate surface area is 164 Å². The van der Waals surface area contributed by atoms with E-state index in [9.17, 15) is 18.0 Å². The van der Waals surface area contributed by atoms with Crippen LogP contribution in [0.4, 0.5) is 18.9 Å². The van der Waals surface area contributed by atoms with E-state index in [0.717, 1.165) is 24.6 Å². The molecule has 0 bridgehead atoms. The lowest BCUT2D eigenvalue weighted by molar-refractivity contribution is -0.137. The zero-order chi connectivity index (χ0) is 20.0. The van der Waals surface area contributed by atoms with Crippen molar-refractivity contribution in [1.29, 1.82) is 0 Å². The second-order valence-electron chi connectivity index (χ2n) is 5.47. The van der Waals surface area contributed by atoms with Crippen molar-refractivity contribution in [3.05, 3.63) is 58.6 Å². The molecule has 27 heavy (non-hydrogen) atoms. The molecule has 2 aromatic carbocycles. The third kappa shape index (κ3) is 6.11. The topological polar surface area (TPSA) is 50.4 Å². The molecule has 2 aromatic rings. The second-order valence-corrected chi connectivity index (χ2v) is 6.29. The van der Waals surface area contributed by atoms with Gasteiger partial charge in [0.15, 0.2) is 5.11 Å². The molecule has 0 saturated heterocycles. The highest BCUT2D eigenvalue weighted by molar-refractivity contribution is 7.80. The first-order valence-electron chi connectivity index (χ1n) is 7.92. The molecule has 4 nitrogen and oxygen atoms in total. The molecule has 0 radical (unpaired) electrons. The summed E-state index contributed by atoms with van der Waals surface area (Å²) in [4.78, 5) is 12.2. The van der Waals surface area contributed by atoms with Crippen LogP contribution >= 0.6 is 23.8 Å². The summed E-state index contributed by atoms with van der Waals surface area (Å²) in [5.41, 5.74) is -0.377. The average Bonchev–Trinajstić information content (AvgIpc) is 2.61. The fourth-order valence-corrected chi connectivity index (χ4v) is 2.47. The minimum absolute atomic E-state index is 0.0898. The second kappa shape index (κ2) is 9.05. The number of thiocarbonyl (C=S) groups is 1. The van der Waals surface area contributed by atoms with Gasteiger partial charge in [0.1, 0.15) is 5.75 Å². The lowest BCUT2D eigenvalue weighted by atomic mass is 10.2. The molecule has 2 rings (SSSR count). The van der Waals surface area contributed by atoms with Crippen molar-refractivity contribution in [3.8, 4) is 5.75 Å². The molecule has 0 fully saturated rings. The van der Waals surface area contributed by atoms with E-state index in [4.69, 9.17) is 28.6 Å². The molecule has 0 spiro atoms. The van der Waals surface area contributed by atoms with E-state index in [2.05, 4.69) is 10.6 Å². The molecule has 0 heterocycles. The van der Waals surface area contributed by atoms with Crippen molar-refractivity contribution in [2.45, 2.75) is 19.5 Å². The zero-order valence-corrected chi connectivity index (χ0v) is 15.8. The summed E-state index contributed by atoms with van der Waals surface area (Å²) in [6.07, 6.45) is -3.63. The van der Waals surface area contributed by atoms with E-state index in [1.165, 1.54) is 0 Å². The number of hydrogen-bond acceptors (Lipinski definition) is 3. The third-order valence-electron chi connectivity index (χ3n) is 3.36. The van der Waals surface area contributed by atoms with Crippen molar-refractivity contribution in [2.24, 2.45) is 0 Å². The number of nitrogens with one attached hydrogen (secondary N) is 2. The highest BCUT2D eigenvalue weighted by Gasteiger charge is 2.30. The van der Waals surface area contributed by atoms with E-state index < -0.39 is 17.6 Å². The molecule has 9 heteroatoms. The molecule has 2 N–H and O–H groups in total. The number of hydrogen-bond donors (Lipinski definition) is 2. The molecular formula is C18H16ClF3N2O2S. The van der Waals surface area contributed by atoms with Crippen molar-refractivity contribution in [3.63, 3.8) is 0 Å². The smallest absolute Gasteiger partial charge is 0.416 e. The minimum atomic E-state index is -4.50. The van der Waals surface area contributed by atoms with Gasteiger partial charge in [-0.2, -0.15) is 13.2 Å². The summed E-state index contributed by atoms with van der Waals surface area (Å²) in [6.45, 7) is 2.56. The first kappa shape index (κ1) is 21.0. The van der Waals surface area contributed by atoms with E-state index in [1.54, 1.807) is 24.3 Å². The first-order chi connectivity index (χ1) is 12.7. The van der Waals surface area contributed by atoms with Crippen molar-refractivity contribution < 1.29 is 22.7 Å². The maximum absolute atomic E-state index is 12.6. The van der Waals surface area contributed by atoms with Crippen molar-refractivity contribution >= 4 is 40.5 Å². The summed E-state index contributed by atoms with van der Waals surface area (Å²) in [6, 6.07) is 9.27. The molecule has 0 unspecified atom stereocenters. The summed E-state index contributed by atoms with van der Waals surface area (Å²) < 4.78 is 43.4. The zero-order valence-electron chi connectivity index (χ0n) is 14.2. The Kier molecular flexibility index (Phi) is 7.04. The number of halogens is 4. The van der Waals surface area contributed by atoms with Crippen LogP contribution < -0.4 is 15.4 Å². The molecule has 0 atom stereocenters. The number of carbonyl (C=O) groups excluding carboxylic acids is 1. The number of benzene rings is 2.